The zero-order chi connectivity index (χ0) is 8.91. The molecule has 1 unspecified atom stereocenters. The summed E-state index contributed by atoms with van der Waals surface area (Å²) in [4.78, 5) is 0. The summed E-state index contributed by atoms with van der Waals surface area (Å²) in [6.45, 7) is 13.2. The maximum absolute atomic E-state index is 3.93. The minimum atomic E-state index is 0.534. The lowest BCUT2D eigenvalue weighted by Gasteiger charge is -2.27. The molecule has 67 valence electrons. The van der Waals surface area contributed by atoms with E-state index in [2.05, 4.69) is 34.6 Å². The second-order valence-corrected chi connectivity index (χ2v) is 4.51. The van der Waals surface area contributed by atoms with Gasteiger partial charge in [0.15, 0.2) is 0 Å². The highest BCUT2D eigenvalue weighted by Crippen LogP contribution is 2.31. The average molecular weight is 155 g/mol. The topological polar surface area (TPSA) is 0 Å². The van der Waals surface area contributed by atoms with Crippen LogP contribution in [0.4, 0.5) is 0 Å². The number of hydrogen-bond acceptors (Lipinski definition) is 0. The van der Waals surface area contributed by atoms with Gasteiger partial charge in [-0.3, -0.25) is 0 Å². The summed E-state index contributed by atoms with van der Waals surface area (Å²) in [6.07, 6.45) is 5.05. The summed E-state index contributed by atoms with van der Waals surface area (Å²) in [6, 6.07) is 0. The SMILES string of the molecule is [CH2]CC(C)CC(C)(C)CCC. The van der Waals surface area contributed by atoms with Crippen molar-refractivity contribution in [2.45, 2.75) is 53.4 Å². The van der Waals surface area contributed by atoms with Gasteiger partial charge in [0.25, 0.3) is 0 Å². The number of rotatable bonds is 5. The third-order valence-corrected chi connectivity index (χ3v) is 2.32. The van der Waals surface area contributed by atoms with Crippen molar-refractivity contribution in [1.82, 2.24) is 0 Å². The van der Waals surface area contributed by atoms with Gasteiger partial charge in [0.1, 0.15) is 0 Å². The molecule has 1 radical (unpaired) electrons. The Hall–Kier alpha value is 0. The lowest BCUT2D eigenvalue weighted by Crippen LogP contribution is -2.14. The molecule has 0 aliphatic carbocycles. The Balaban J connectivity index is 3.70. The Morgan fingerprint density at radius 3 is 2.27 bits per heavy atom. The lowest BCUT2D eigenvalue weighted by molar-refractivity contribution is 0.255. The molecule has 0 aliphatic rings. The van der Waals surface area contributed by atoms with Crippen LogP contribution in [0.25, 0.3) is 0 Å². The largest absolute Gasteiger partial charge is 0.0654 e. The highest BCUT2D eigenvalue weighted by Gasteiger charge is 2.18. The molecule has 0 N–H and O–H groups in total. The third-order valence-electron chi connectivity index (χ3n) is 2.32. The quantitative estimate of drug-likeness (QED) is 0.561. The fraction of sp³-hybridized carbons (Fsp3) is 0.909. The van der Waals surface area contributed by atoms with E-state index in [1.165, 1.54) is 19.3 Å². The maximum Gasteiger partial charge on any atom is -0.0352 e. The van der Waals surface area contributed by atoms with Gasteiger partial charge in [0.05, 0.1) is 0 Å². The van der Waals surface area contributed by atoms with Crippen LogP contribution in [0, 0.1) is 18.3 Å². The smallest absolute Gasteiger partial charge is 0.0352 e. The summed E-state index contributed by atoms with van der Waals surface area (Å²) >= 11 is 0. The van der Waals surface area contributed by atoms with Gasteiger partial charge in [0, 0.05) is 0 Å². The average Bonchev–Trinajstić information content (AvgIpc) is 1.86. The molecular weight excluding hydrogens is 132 g/mol. The molecule has 11 heavy (non-hydrogen) atoms. The van der Waals surface area contributed by atoms with E-state index in [-0.39, 0.29) is 0 Å². The molecule has 0 saturated heterocycles. The van der Waals surface area contributed by atoms with Gasteiger partial charge < -0.3 is 0 Å². The van der Waals surface area contributed by atoms with Gasteiger partial charge in [-0.25, -0.2) is 0 Å². The van der Waals surface area contributed by atoms with Gasteiger partial charge in [0.2, 0.25) is 0 Å². The standard InChI is InChI=1S/C11H23/c1-6-8-11(4,5)9-10(3)7-2/h10H,2,6-9H2,1,3-5H3. The zero-order valence-corrected chi connectivity index (χ0v) is 8.61. The van der Waals surface area contributed by atoms with E-state index in [4.69, 9.17) is 0 Å². The summed E-state index contributed by atoms with van der Waals surface area (Å²) < 4.78 is 0. The lowest BCUT2D eigenvalue weighted by atomic mass is 9.79. The van der Waals surface area contributed by atoms with Crippen LogP contribution in [-0.2, 0) is 0 Å². The summed E-state index contributed by atoms with van der Waals surface area (Å²) in [5.74, 6) is 0.788. The first-order valence-corrected chi connectivity index (χ1v) is 4.81. The van der Waals surface area contributed by atoms with Gasteiger partial charge in [-0.15, -0.1) is 0 Å². The second kappa shape index (κ2) is 4.79. The summed E-state index contributed by atoms with van der Waals surface area (Å²) in [7, 11) is 0. The Kier molecular flexibility index (Phi) is 4.79. The molecular formula is C11H23. The second-order valence-electron chi connectivity index (χ2n) is 4.51. The molecule has 0 aromatic heterocycles. The van der Waals surface area contributed by atoms with Gasteiger partial charge >= 0.3 is 0 Å². The van der Waals surface area contributed by atoms with Crippen LogP contribution in [0.15, 0.2) is 0 Å². The van der Waals surface area contributed by atoms with Crippen LogP contribution in [0.2, 0.25) is 0 Å². The number of hydrogen-bond donors (Lipinski definition) is 0. The monoisotopic (exact) mass is 155 g/mol. The summed E-state index contributed by atoms with van der Waals surface area (Å²) in [5.41, 5.74) is 0.534. The highest BCUT2D eigenvalue weighted by molar-refractivity contribution is 4.71. The molecule has 0 heteroatoms. The van der Waals surface area contributed by atoms with E-state index in [1.54, 1.807) is 0 Å². The van der Waals surface area contributed by atoms with Gasteiger partial charge in [-0.05, 0) is 24.2 Å². The van der Waals surface area contributed by atoms with Crippen LogP contribution in [0.3, 0.4) is 0 Å². The molecule has 0 nitrogen and oxygen atoms in total. The molecule has 0 spiro atoms. The van der Waals surface area contributed by atoms with Crippen molar-refractivity contribution in [2.75, 3.05) is 0 Å². The molecule has 0 heterocycles. The van der Waals surface area contributed by atoms with Crippen LogP contribution in [-0.4, -0.2) is 0 Å². The molecule has 0 aromatic carbocycles. The fourth-order valence-corrected chi connectivity index (χ4v) is 1.82. The Labute approximate surface area is 72.4 Å². The molecule has 1 atom stereocenters. The van der Waals surface area contributed by atoms with E-state index in [0.29, 0.717) is 5.41 Å². The van der Waals surface area contributed by atoms with E-state index >= 15 is 0 Å². The van der Waals surface area contributed by atoms with Crippen molar-refractivity contribution in [1.29, 1.82) is 0 Å². The molecule has 0 rings (SSSR count). The zero-order valence-electron chi connectivity index (χ0n) is 8.61. The van der Waals surface area contributed by atoms with Crippen molar-refractivity contribution >= 4 is 0 Å². The van der Waals surface area contributed by atoms with Crippen LogP contribution in [0.1, 0.15) is 53.4 Å². The molecule has 0 bridgehead atoms. The molecule has 0 amide bonds. The van der Waals surface area contributed by atoms with E-state index in [9.17, 15) is 0 Å². The predicted molar refractivity (Wildman–Crippen MR) is 52.4 cm³/mol. The molecule has 0 aromatic rings. The van der Waals surface area contributed by atoms with Crippen molar-refractivity contribution in [2.24, 2.45) is 11.3 Å². The first kappa shape index (κ1) is 11.0. The first-order chi connectivity index (χ1) is 5.02. The molecule has 0 fully saturated rings. The van der Waals surface area contributed by atoms with E-state index < -0.39 is 0 Å². The van der Waals surface area contributed by atoms with Crippen molar-refractivity contribution in [3.8, 4) is 0 Å². The molecule has 0 saturated carbocycles. The van der Waals surface area contributed by atoms with Crippen LogP contribution < -0.4 is 0 Å². The van der Waals surface area contributed by atoms with E-state index in [0.717, 1.165) is 12.3 Å². The highest BCUT2D eigenvalue weighted by atomic mass is 14.2. The Bertz CT molecular complexity index is 92.2. The first-order valence-electron chi connectivity index (χ1n) is 4.81. The van der Waals surface area contributed by atoms with Crippen molar-refractivity contribution in [3.05, 3.63) is 6.92 Å². The normalized spacial score (nSPS) is 15.0. The maximum atomic E-state index is 3.93. The fourth-order valence-electron chi connectivity index (χ4n) is 1.82. The van der Waals surface area contributed by atoms with Gasteiger partial charge in [-0.1, -0.05) is 47.5 Å². The summed E-state index contributed by atoms with van der Waals surface area (Å²) in [5, 5.41) is 0. The minimum Gasteiger partial charge on any atom is -0.0654 e. The van der Waals surface area contributed by atoms with E-state index in [1.807, 2.05) is 0 Å². The van der Waals surface area contributed by atoms with Crippen molar-refractivity contribution < 1.29 is 0 Å². The van der Waals surface area contributed by atoms with Crippen molar-refractivity contribution in [3.63, 3.8) is 0 Å². The Morgan fingerprint density at radius 1 is 1.36 bits per heavy atom. The third kappa shape index (κ3) is 5.29. The van der Waals surface area contributed by atoms with Crippen LogP contribution in [0.5, 0.6) is 0 Å². The Morgan fingerprint density at radius 2 is 1.91 bits per heavy atom. The minimum absolute atomic E-state index is 0.534. The predicted octanol–water partition coefficient (Wildman–Crippen LogP) is 4.06. The molecule has 0 aliphatic heterocycles. The van der Waals surface area contributed by atoms with Gasteiger partial charge in [-0.2, -0.15) is 0 Å². The van der Waals surface area contributed by atoms with Crippen LogP contribution >= 0.6 is 0 Å².